The molecule has 2 fully saturated rings. The van der Waals surface area contributed by atoms with Crippen LogP contribution in [0.4, 0.5) is 8.78 Å². The van der Waals surface area contributed by atoms with Crippen molar-refractivity contribution in [2.75, 3.05) is 46.4 Å². The average molecular weight is 781 g/mol. The number of amides is 4. The van der Waals surface area contributed by atoms with E-state index < -0.39 is 18.4 Å². The largest absolute Gasteiger partial charge is 0.473 e. The maximum Gasteiger partial charge on any atom is 0.262 e. The Hall–Kier alpha value is -5.98. The number of methoxy groups -OCH3 is 1. The number of nitrogens with one attached hydrogen (secondary N) is 4. The Morgan fingerprint density at radius 2 is 1.30 bits per heavy atom. The van der Waals surface area contributed by atoms with Gasteiger partial charge in [0.2, 0.25) is 23.6 Å². The van der Waals surface area contributed by atoms with Gasteiger partial charge in [-0.05, 0) is 19.1 Å². The van der Waals surface area contributed by atoms with Gasteiger partial charge in [0.15, 0.2) is 11.3 Å². The summed E-state index contributed by atoms with van der Waals surface area (Å²) in [6.45, 7) is 11.5. The first-order valence-electron chi connectivity index (χ1n) is 18.1. The second-order valence-corrected chi connectivity index (χ2v) is 13.5. The highest BCUT2D eigenvalue weighted by Crippen LogP contribution is 2.23. The molecule has 19 heteroatoms. The number of hydrogen-bond donors (Lipinski definition) is 4. The van der Waals surface area contributed by atoms with Gasteiger partial charge in [0.1, 0.15) is 23.2 Å². The fourth-order valence-electron chi connectivity index (χ4n) is 6.12. The van der Waals surface area contributed by atoms with Crippen LogP contribution in [-0.2, 0) is 14.3 Å². The lowest BCUT2D eigenvalue weighted by Gasteiger charge is -2.31. The number of alkyl halides is 2. The number of rotatable bonds is 13. The summed E-state index contributed by atoms with van der Waals surface area (Å²) in [6.07, 6.45) is 11.0. The molecule has 56 heavy (non-hydrogen) atoms. The van der Waals surface area contributed by atoms with Gasteiger partial charge in [-0.15, -0.1) is 0 Å². The summed E-state index contributed by atoms with van der Waals surface area (Å²) in [6, 6.07) is -0.127. The highest BCUT2D eigenvalue weighted by Gasteiger charge is 2.27. The van der Waals surface area contributed by atoms with Crippen molar-refractivity contribution in [3.63, 3.8) is 0 Å². The monoisotopic (exact) mass is 780 g/mol. The van der Waals surface area contributed by atoms with E-state index in [1.165, 1.54) is 30.7 Å². The third-order valence-corrected chi connectivity index (χ3v) is 8.99. The van der Waals surface area contributed by atoms with Crippen molar-refractivity contribution >= 4 is 46.0 Å². The van der Waals surface area contributed by atoms with Crippen molar-refractivity contribution in [1.29, 1.82) is 0 Å². The smallest absolute Gasteiger partial charge is 0.262 e. The minimum atomic E-state index is -3.01. The molecular weight excluding hydrogens is 734 g/mol. The topological polar surface area (TPSA) is 210 Å². The lowest BCUT2D eigenvalue weighted by molar-refractivity contribution is -0.128. The fraction of sp³-hybridized carbons (Fsp3) is 0.459. The van der Waals surface area contributed by atoms with E-state index >= 15 is 0 Å². The molecule has 6 rings (SSSR count). The molecule has 0 aromatic carbocycles. The van der Waals surface area contributed by atoms with Gasteiger partial charge >= 0.3 is 0 Å². The normalized spacial score (nSPS) is 15.7. The summed E-state index contributed by atoms with van der Waals surface area (Å²) < 4.78 is 42.8. The van der Waals surface area contributed by atoms with Gasteiger partial charge in [0.25, 0.3) is 17.7 Å². The Morgan fingerprint density at radius 3 is 1.71 bits per heavy atom. The van der Waals surface area contributed by atoms with Crippen LogP contribution in [0.5, 0.6) is 11.8 Å². The molecule has 0 aliphatic carbocycles. The van der Waals surface area contributed by atoms with E-state index in [2.05, 4.69) is 53.7 Å². The lowest BCUT2D eigenvalue weighted by Crippen LogP contribution is -2.41. The molecule has 2 aliphatic heterocycles. The number of hydrogen-bond acceptors (Lipinski definition) is 11. The summed E-state index contributed by atoms with van der Waals surface area (Å²) in [5, 5.41) is 5.04. The van der Waals surface area contributed by atoms with Gasteiger partial charge in [-0.3, -0.25) is 19.2 Å². The SMILES string of the molecule is C=CC(=O)N1CCC(Oc2cnc3[nH]cc(C(=O)NCC(C)(F)F)c3n2)CC1.C=CC(=O)N1CCC(Oc2cnc3[nH]cc(C(=O)N[C@H](C)COC)c3n2)CC1. The van der Waals surface area contributed by atoms with E-state index in [-0.39, 0.29) is 52.9 Å². The van der Waals surface area contributed by atoms with Crippen LogP contribution in [0.25, 0.3) is 22.3 Å². The van der Waals surface area contributed by atoms with Crippen molar-refractivity contribution in [2.24, 2.45) is 0 Å². The second-order valence-electron chi connectivity index (χ2n) is 13.5. The Balaban J connectivity index is 0.000000214. The Morgan fingerprint density at radius 1 is 0.857 bits per heavy atom. The maximum atomic E-state index is 13.0. The van der Waals surface area contributed by atoms with Crippen LogP contribution >= 0.6 is 0 Å². The van der Waals surface area contributed by atoms with Crippen LogP contribution < -0.4 is 20.1 Å². The number of likely N-dealkylation sites (tertiary alicyclic amines) is 2. The minimum absolute atomic E-state index is 0.0569. The number of H-pyrrole nitrogens is 2. The second kappa shape index (κ2) is 18.6. The number of piperidine rings is 2. The summed E-state index contributed by atoms with van der Waals surface area (Å²) in [7, 11) is 1.58. The first kappa shape index (κ1) is 41.2. The molecule has 6 heterocycles. The van der Waals surface area contributed by atoms with Crippen molar-refractivity contribution in [3.05, 3.63) is 61.2 Å². The highest BCUT2D eigenvalue weighted by atomic mass is 19.3. The molecule has 4 amide bonds. The number of ether oxygens (including phenoxy) is 3. The first-order valence-corrected chi connectivity index (χ1v) is 18.1. The standard InChI is InChI=1S/C19H25N5O4.C18H21F2N5O3/c1-4-16(25)24-7-5-13(6-8-24)28-15-10-21-18-17(23-15)14(9-20-18)19(26)22-12(2)11-27-3;1-3-14(26)25-6-4-11(5-7-25)28-13-9-22-16-15(24-13)12(8-21-16)17(27)23-10-18(2,19)20/h4,9-10,12-13H,1,5-8,11H2,2-3H3,(H,20,21)(H,22,26);3,8-9,11H,1,4-7,10H2,2H3,(H,21,22)(H,23,27)/t12-;/m1./s1. The highest BCUT2D eigenvalue weighted by molar-refractivity contribution is 6.05. The molecule has 300 valence electrons. The summed E-state index contributed by atoms with van der Waals surface area (Å²) in [4.78, 5) is 74.4. The van der Waals surface area contributed by atoms with E-state index in [0.717, 1.165) is 6.92 Å². The third-order valence-electron chi connectivity index (χ3n) is 8.99. The van der Waals surface area contributed by atoms with E-state index in [9.17, 15) is 28.0 Å². The number of aromatic amines is 2. The van der Waals surface area contributed by atoms with Gasteiger partial charge < -0.3 is 44.6 Å². The van der Waals surface area contributed by atoms with Crippen LogP contribution in [0.3, 0.4) is 0 Å². The number of nitrogens with zero attached hydrogens (tertiary/aromatic N) is 6. The molecule has 0 spiro atoms. The van der Waals surface area contributed by atoms with Gasteiger partial charge in [-0.25, -0.2) is 28.7 Å². The molecule has 4 aromatic rings. The minimum Gasteiger partial charge on any atom is -0.473 e. The van der Waals surface area contributed by atoms with Crippen LogP contribution in [0, 0.1) is 0 Å². The predicted octanol–water partition coefficient (Wildman–Crippen LogP) is 3.18. The Bertz CT molecular complexity index is 2030. The Labute approximate surface area is 321 Å². The number of carbonyl (C=O) groups is 4. The molecule has 0 unspecified atom stereocenters. The number of halogens is 2. The van der Waals surface area contributed by atoms with Crippen molar-refractivity contribution in [2.45, 2.75) is 63.7 Å². The van der Waals surface area contributed by atoms with E-state index in [4.69, 9.17) is 14.2 Å². The fourth-order valence-corrected chi connectivity index (χ4v) is 6.12. The zero-order valence-corrected chi connectivity index (χ0v) is 31.5. The van der Waals surface area contributed by atoms with Crippen LogP contribution in [0.15, 0.2) is 50.1 Å². The first-order chi connectivity index (χ1) is 26.8. The molecular formula is C37H46F2N10O7. The predicted molar refractivity (Wildman–Crippen MR) is 200 cm³/mol. The molecule has 1 atom stereocenters. The van der Waals surface area contributed by atoms with E-state index in [1.807, 2.05) is 6.92 Å². The van der Waals surface area contributed by atoms with Crippen molar-refractivity contribution in [3.8, 4) is 11.8 Å². The van der Waals surface area contributed by atoms with Crippen LogP contribution in [0.2, 0.25) is 0 Å². The zero-order valence-electron chi connectivity index (χ0n) is 31.5. The molecule has 4 N–H and O–H groups in total. The molecule has 2 saturated heterocycles. The summed E-state index contributed by atoms with van der Waals surface area (Å²) in [5.41, 5.74) is 2.09. The van der Waals surface area contributed by atoms with Gasteiger partial charge in [-0.2, -0.15) is 0 Å². The number of aromatic nitrogens is 6. The van der Waals surface area contributed by atoms with E-state index in [0.29, 0.717) is 86.7 Å². The van der Waals surface area contributed by atoms with Gasteiger partial charge in [0, 0.05) is 84.3 Å². The molecule has 4 aromatic heterocycles. The number of carbonyl (C=O) groups excluding carboxylic acids is 4. The van der Waals surface area contributed by atoms with Crippen LogP contribution in [-0.4, -0.2) is 134 Å². The van der Waals surface area contributed by atoms with Crippen molar-refractivity contribution < 1.29 is 42.2 Å². The van der Waals surface area contributed by atoms with Gasteiger partial charge in [-0.1, -0.05) is 13.2 Å². The maximum absolute atomic E-state index is 13.0. The Kier molecular flexibility index (Phi) is 13.7. The summed E-state index contributed by atoms with van der Waals surface area (Å²) >= 11 is 0. The molecule has 0 saturated carbocycles. The van der Waals surface area contributed by atoms with Crippen LogP contribution in [0.1, 0.15) is 60.2 Å². The third kappa shape index (κ3) is 10.8. The van der Waals surface area contributed by atoms with Gasteiger partial charge in [0.05, 0.1) is 36.7 Å². The van der Waals surface area contributed by atoms with E-state index in [1.54, 1.807) is 23.1 Å². The zero-order chi connectivity index (χ0) is 40.4. The molecule has 0 bridgehead atoms. The molecule has 17 nitrogen and oxygen atoms in total. The quantitative estimate of drug-likeness (QED) is 0.145. The average Bonchev–Trinajstić information content (AvgIpc) is 3.81. The molecule has 0 radical (unpaired) electrons. The number of fused-ring (bicyclic) bond motifs is 2. The lowest BCUT2D eigenvalue weighted by atomic mass is 10.1. The summed E-state index contributed by atoms with van der Waals surface area (Å²) in [5.74, 6) is -3.52. The van der Waals surface area contributed by atoms with Crippen molar-refractivity contribution in [1.82, 2.24) is 50.3 Å². The molecule has 2 aliphatic rings.